The van der Waals surface area contributed by atoms with Gasteiger partial charge in [-0.1, -0.05) is 24.3 Å². The molecule has 1 aliphatic rings. The number of morpholine rings is 1. The molecule has 7 heteroatoms. The Kier molecular flexibility index (Phi) is 5.45. The largest absolute Gasteiger partial charge is 0.379 e. The molecule has 128 valence electrons. The van der Waals surface area contributed by atoms with E-state index in [9.17, 15) is 4.79 Å². The summed E-state index contributed by atoms with van der Waals surface area (Å²) in [6, 6.07) is 7.98. The fraction of sp³-hybridized carbons (Fsp3) is 0.412. The van der Waals surface area contributed by atoms with Crippen LogP contribution in [0.2, 0.25) is 0 Å². The molecule has 1 aromatic heterocycles. The fourth-order valence-electron chi connectivity index (χ4n) is 2.72. The standard InChI is InChI=1S/C17H23N5O2/c1-21-13-16(11-19-21)20-17(23)18-10-14-4-2-3-5-15(14)12-22-6-8-24-9-7-22/h2-5,11,13H,6-10,12H2,1H3,(H2,18,20,23). The zero-order chi connectivity index (χ0) is 16.8. The molecular formula is C17H23N5O2. The summed E-state index contributed by atoms with van der Waals surface area (Å²) in [5.41, 5.74) is 3.04. The molecule has 3 rings (SSSR count). The van der Waals surface area contributed by atoms with E-state index in [0.717, 1.165) is 38.4 Å². The number of rotatable bonds is 5. The van der Waals surface area contributed by atoms with Crippen molar-refractivity contribution in [2.45, 2.75) is 13.1 Å². The van der Waals surface area contributed by atoms with Gasteiger partial charge in [0.15, 0.2) is 0 Å². The monoisotopic (exact) mass is 329 g/mol. The van der Waals surface area contributed by atoms with Crippen LogP contribution in [-0.2, 0) is 24.9 Å². The average molecular weight is 329 g/mol. The van der Waals surface area contributed by atoms with Gasteiger partial charge < -0.3 is 15.4 Å². The number of carbonyl (C=O) groups is 1. The summed E-state index contributed by atoms with van der Waals surface area (Å²) in [7, 11) is 1.81. The van der Waals surface area contributed by atoms with Crippen molar-refractivity contribution in [1.29, 1.82) is 0 Å². The molecule has 0 spiro atoms. The van der Waals surface area contributed by atoms with E-state index >= 15 is 0 Å². The van der Waals surface area contributed by atoms with Crippen molar-refractivity contribution >= 4 is 11.7 Å². The number of nitrogens with zero attached hydrogens (tertiary/aromatic N) is 3. The number of nitrogens with one attached hydrogen (secondary N) is 2. The minimum atomic E-state index is -0.232. The van der Waals surface area contributed by atoms with Crippen LogP contribution in [0, 0.1) is 0 Å². The summed E-state index contributed by atoms with van der Waals surface area (Å²) in [4.78, 5) is 14.4. The van der Waals surface area contributed by atoms with E-state index in [0.29, 0.717) is 12.2 Å². The van der Waals surface area contributed by atoms with Gasteiger partial charge in [0.05, 0.1) is 25.1 Å². The van der Waals surface area contributed by atoms with Gasteiger partial charge in [-0.2, -0.15) is 5.10 Å². The predicted molar refractivity (Wildman–Crippen MR) is 91.6 cm³/mol. The highest BCUT2D eigenvalue weighted by Crippen LogP contribution is 2.13. The van der Waals surface area contributed by atoms with Gasteiger partial charge in [0.25, 0.3) is 0 Å². The van der Waals surface area contributed by atoms with Crippen LogP contribution < -0.4 is 10.6 Å². The molecular weight excluding hydrogens is 306 g/mol. The number of aromatic nitrogens is 2. The predicted octanol–water partition coefficient (Wildman–Crippen LogP) is 1.57. The molecule has 1 aromatic carbocycles. The lowest BCUT2D eigenvalue weighted by Gasteiger charge is -2.27. The number of hydrogen-bond acceptors (Lipinski definition) is 4. The van der Waals surface area contributed by atoms with Crippen LogP contribution in [-0.4, -0.2) is 47.0 Å². The lowest BCUT2D eigenvalue weighted by Crippen LogP contribution is -2.36. The third kappa shape index (κ3) is 4.56. The van der Waals surface area contributed by atoms with Gasteiger partial charge in [-0.25, -0.2) is 4.79 Å². The van der Waals surface area contributed by atoms with Crippen molar-refractivity contribution in [3.8, 4) is 0 Å². The number of hydrogen-bond donors (Lipinski definition) is 2. The summed E-state index contributed by atoms with van der Waals surface area (Å²) >= 11 is 0. The second kappa shape index (κ2) is 7.94. The SMILES string of the molecule is Cn1cc(NC(=O)NCc2ccccc2CN2CCOCC2)cn1. The Balaban J connectivity index is 1.55. The van der Waals surface area contributed by atoms with Crippen LogP contribution in [0.1, 0.15) is 11.1 Å². The third-order valence-corrected chi connectivity index (χ3v) is 4.02. The number of amides is 2. The van der Waals surface area contributed by atoms with Crippen LogP contribution in [0.4, 0.5) is 10.5 Å². The molecule has 0 radical (unpaired) electrons. The van der Waals surface area contributed by atoms with E-state index in [4.69, 9.17) is 4.74 Å². The van der Waals surface area contributed by atoms with E-state index in [1.54, 1.807) is 17.1 Å². The first-order chi connectivity index (χ1) is 11.7. The molecule has 2 heterocycles. The molecule has 0 atom stereocenters. The Morgan fingerprint density at radius 2 is 2.00 bits per heavy atom. The highest BCUT2D eigenvalue weighted by Gasteiger charge is 2.13. The highest BCUT2D eigenvalue weighted by molar-refractivity contribution is 5.88. The van der Waals surface area contributed by atoms with Crippen LogP contribution in [0.25, 0.3) is 0 Å². The van der Waals surface area contributed by atoms with Crippen molar-refractivity contribution in [2.75, 3.05) is 31.6 Å². The summed E-state index contributed by atoms with van der Waals surface area (Å²) in [5.74, 6) is 0. The van der Waals surface area contributed by atoms with Crippen LogP contribution in [0.3, 0.4) is 0 Å². The van der Waals surface area contributed by atoms with Gasteiger partial charge in [0.1, 0.15) is 0 Å². The molecule has 2 amide bonds. The molecule has 7 nitrogen and oxygen atoms in total. The summed E-state index contributed by atoms with van der Waals surface area (Å²) in [5, 5.41) is 9.70. The first-order valence-corrected chi connectivity index (χ1v) is 8.11. The van der Waals surface area contributed by atoms with E-state index in [-0.39, 0.29) is 6.03 Å². The highest BCUT2D eigenvalue weighted by atomic mass is 16.5. The number of carbonyl (C=O) groups excluding carboxylic acids is 1. The third-order valence-electron chi connectivity index (χ3n) is 4.02. The second-order valence-electron chi connectivity index (χ2n) is 5.87. The van der Waals surface area contributed by atoms with E-state index < -0.39 is 0 Å². The minimum absolute atomic E-state index is 0.232. The molecule has 2 aromatic rings. The number of aryl methyl sites for hydroxylation is 1. The minimum Gasteiger partial charge on any atom is -0.379 e. The molecule has 24 heavy (non-hydrogen) atoms. The maximum Gasteiger partial charge on any atom is 0.319 e. The smallest absolute Gasteiger partial charge is 0.319 e. The van der Waals surface area contributed by atoms with E-state index in [1.807, 2.05) is 19.2 Å². The average Bonchev–Trinajstić information content (AvgIpc) is 3.00. The first-order valence-electron chi connectivity index (χ1n) is 8.11. The maximum atomic E-state index is 12.0. The van der Waals surface area contributed by atoms with Gasteiger partial charge in [-0.05, 0) is 11.1 Å². The summed E-state index contributed by atoms with van der Waals surface area (Å²) in [6.07, 6.45) is 3.37. The molecule has 0 unspecified atom stereocenters. The summed E-state index contributed by atoms with van der Waals surface area (Å²) in [6.45, 7) is 4.84. The number of urea groups is 1. The number of anilines is 1. The van der Waals surface area contributed by atoms with E-state index in [2.05, 4.69) is 32.8 Å². The molecule has 0 saturated carbocycles. The van der Waals surface area contributed by atoms with Gasteiger partial charge in [-0.3, -0.25) is 9.58 Å². The zero-order valence-corrected chi connectivity index (χ0v) is 13.9. The second-order valence-corrected chi connectivity index (χ2v) is 5.87. The molecule has 0 bridgehead atoms. The van der Waals surface area contributed by atoms with Crippen molar-refractivity contribution in [1.82, 2.24) is 20.0 Å². The van der Waals surface area contributed by atoms with Gasteiger partial charge >= 0.3 is 6.03 Å². The zero-order valence-electron chi connectivity index (χ0n) is 13.9. The molecule has 0 aliphatic carbocycles. The topological polar surface area (TPSA) is 71.4 Å². The Hall–Kier alpha value is -2.38. The maximum absolute atomic E-state index is 12.0. The van der Waals surface area contributed by atoms with Crippen molar-refractivity contribution in [2.24, 2.45) is 7.05 Å². The fourth-order valence-corrected chi connectivity index (χ4v) is 2.72. The van der Waals surface area contributed by atoms with Crippen LogP contribution >= 0.6 is 0 Å². The molecule has 2 N–H and O–H groups in total. The van der Waals surface area contributed by atoms with Crippen molar-refractivity contribution in [3.05, 3.63) is 47.8 Å². The number of ether oxygens (including phenoxy) is 1. The van der Waals surface area contributed by atoms with Crippen molar-refractivity contribution < 1.29 is 9.53 Å². The molecule has 1 aliphatic heterocycles. The van der Waals surface area contributed by atoms with Gasteiger partial charge in [0, 0.05) is 39.4 Å². The van der Waals surface area contributed by atoms with Gasteiger partial charge in [0.2, 0.25) is 0 Å². The van der Waals surface area contributed by atoms with Crippen LogP contribution in [0.15, 0.2) is 36.7 Å². The Morgan fingerprint density at radius 3 is 2.71 bits per heavy atom. The molecule has 1 fully saturated rings. The number of benzene rings is 1. The Morgan fingerprint density at radius 1 is 1.25 bits per heavy atom. The summed E-state index contributed by atoms with van der Waals surface area (Å²) < 4.78 is 7.04. The van der Waals surface area contributed by atoms with Gasteiger partial charge in [-0.15, -0.1) is 0 Å². The molecule has 1 saturated heterocycles. The van der Waals surface area contributed by atoms with Crippen LogP contribution in [0.5, 0.6) is 0 Å². The quantitative estimate of drug-likeness (QED) is 0.873. The lowest BCUT2D eigenvalue weighted by atomic mass is 10.1. The van der Waals surface area contributed by atoms with E-state index in [1.165, 1.54) is 5.56 Å². The Bertz CT molecular complexity index is 679. The lowest BCUT2D eigenvalue weighted by molar-refractivity contribution is 0.0341. The van der Waals surface area contributed by atoms with Crippen molar-refractivity contribution in [3.63, 3.8) is 0 Å². The normalized spacial score (nSPS) is 15.2. The Labute approximate surface area is 141 Å². The first kappa shape index (κ1) is 16.5.